The average Bonchev–Trinajstić information content (AvgIpc) is 2.49. The number of rotatable bonds is 3. The van der Waals surface area contributed by atoms with Crippen LogP contribution in [0, 0.1) is 5.41 Å². The Morgan fingerprint density at radius 1 is 1.64 bits per heavy atom. The highest BCUT2D eigenvalue weighted by atomic mass is 35.5. The number of cyclic esters (lactones) is 1. The van der Waals surface area contributed by atoms with Gasteiger partial charge in [-0.05, 0) is 20.3 Å². The predicted octanol–water partition coefficient (Wildman–Crippen LogP) is 2.04. The summed E-state index contributed by atoms with van der Waals surface area (Å²) >= 11 is 5.52. The third-order valence-electron chi connectivity index (χ3n) is 2.59. The molecule has 1 heterocycles. The Hall–Kier alpha value is -0.830. The Kier molecular flexibility index (Phi) is 3.32. The molecular formula is C10H13ClO3. The lowest BCUT2D eigenvalue weighted by Crippen LogP contribution is -2.34. The van der Waals surface area contributed by atoms with Gasteiger partial charge in [-0.2, -0.15) is 0 Å². The van der Waals surface area contributed by atoms with E-state index in [-0.39, 0.29) is 5.78 Å². The van der Waals surface area contributed by atoms with Crippen molar-refractivity contribution in [3.05, 3.63) is 11.1 Å². The first-order valence-electron chi connectivity index (χ1n) is 4.47. The van der Waals surface area contributed by atoms with Crippen molar-refractivity contribution in [2.45, 2.75) is 26.7 Å². The van der Waals surface area contributed by atoms with E-state index in [0.29, 0.717) is 19.4 Å². The van der Waals surface area contributed by atoms with E-state index in [0.717, 1.165) is 5.57 Å². The van der Waals surface area contributed by atoms with Crippen LogP contribution in [0.5, 0.6) is 0 Å². The molecule has 0 aromatic carbocycles. The molecule has 1 aliphatic rings. The quantitative estimate of drug-likeness (QED) is 0.536. The second kappa shape index (κ2) is 4.13. The fourth-order valence-corrected chi connectivity index (χ4v) is 1.75. The SMILES string of the molecule is CC(=O)C1(CC(C)=CCl)CCOC1=O. The summed E-state index contributed by atoms with van der Waals surface area (Å²) in [5.74, 6) is -0.555. The summed E-state index contributed by atoms with van der Waals surface area (Å²) in [6, 6.07) is 0. The number of ether oxygens (including phenoxy) is 1. The molecule has 0 N–H and O–H groups in total. The van der Waals surface area contributed by atoms with E-state index in [1.54, 1.807) is 6.92 Å². The van der Waals surface area contributed by atoms with Gasteiger partial charge in [0.25, 0.3) is 0 Å². The average molecular weight is 217 g/mol. The van der Waals surface area contributed by atoms with Crippen molar-refractivity contribution >= 4 is 23.4 Å². The molecule has 1 saturated heterocycles. The molecule has 0 amide bonds. The van der Waals surface area contributed by atoms with Crippen LogP contribution in [-0.4, -0.2) is 18.4 Å². The summed E-state index contributed by atoms with van der Waals surface area (Å²) in [6.07, 6.45) is 0.827. The van der Waals surface area contributed by atoms with Gasteiger partial charge in [-0.15, -0.1) is 0 Å². The molecule has 1 rings (SSSR count). The zero-order chi connectivity index (χ0) is 10.8. The lowest BCUT2D eigenvalue weighted by atomic mass is 9.77. The van der Waals surface area contributed by atoms with E-state index in [2.05, 4.69) is 0 Å². The first-order valence-corrected chi connectivity index (χ1v) is 4.91. The second-order valence-corrected chi connectivity index (χ2v) is 3.87. The van der Waals surface area contributed by atoms with E-state index >= 15 is 0 Å². The van der Waals surface area contributed by atoms with Crippen LogP contribution in [0.25, 0.3) is 0 Å². The normalized spacial score (nSPS) is 27.6. The maximum atomic E-state index is 11.5. The van der Waals surface area contributed by atoms with Crippen molar-refractivity contribution in [1.29, 1.82) is 0 Å². The largest absolute Gasteiger partial charge is 0.465 e. The fraction of sp³-hybridized carbons (Fsp3) is 0.600. The topological polar surface area (TPSA) is 43.4 Å². The molecule has 14 heavy (non-hydrogen) atoms. The molecule has 0 bridgehead atoms. The summed E-state index contributed by atoms with van der Waals surface area (Å²) < 4.78 is 4.85. The molecule has 0 spiro atoms. The van der Waals surface area contributed by atoms with Crippen molar-refractivity contribution in [1.82, 2.24) is 0 Å². The zero-order valence-electron chi connectivity index (χ0n) is 8.30. The summed E-state index contributed by atoms with van der Waals surface area (Å²) in [4.78, 5) is 22.9. The molecule has 0 aromatic rings. The zero-order valence-corrected chi connectivity index (χ0v) is 9.06. The number of hydrogen-bond donors (Lipinski definition) is 0. The van der Waals surface area contributed by atoms with Gasteiger partial charge in [0.05, 0.1) is 6.61 Å². The maximum absolute atomic E-state index is 11.5. The Morgan fingerprint density at radius 3 is 2.64 bits per heavy atom. The van der Waals surface area contributed by atoms with Crippen molar-refractivity contribution in [2.75, 3.05) is 6.61 Å². The van der Waals surface area contributed by atoms with Crippen LogP contribution in [-0.2, 0) is 14.3 Å². The number of carbonyl (C=O) groups excluding carboxylic acids is 2. The van der Waals surface area contributed by atoms with Gasteiger partial charge in [0.15, 0.2) is 0 Å². The molecular weight excluding hydrogens is 204 g/mol. The van der Waals surface area contributed by atoms with Crippen LogP contribution in [0.2, 0.25) is 0 Å². The van der Waals surface area contributed by atoms with Crippen LogP contribution >= 0.6 is 11.6 Å². The summed E-state index contributed by atoms with van der Waals surface area (Å²) in [5, 5.41) is 0. The van der Waals surface area contributed by atoms with Gasteiger partial charge in [-0.1, -0.05) is 17.2 Å². The van der Waals surface area contributed by atoms with Gasteiger partial charge >= 0.3 is 5.97 Å². The van der Waals surface area contributed by atoms with Crippen LogP contribution in [0.4, 0.5) is 0 Å². The molecule has 1 unspecified atom stereocenters. The van der Waals surface area contributed by atoms with Crippen LogP contribution in [0.15, 0.2) is 11.1 Å². The van der Waals surface area contributed by atoms with E-state index < -0.39 is 11.4 Å². The van der Waals surface area contributed by atoms with E-state index in [9.17, 15) is 9.59 Å². The lowest BCUT2D eigenvalue weighted by Gasteiger charge is -2.21. The van der Waals surface area contributed by atoms with Gasteiger partial charge < -0.3 is 4.74 Å². The molecule has 1 atom stereocenters. The summed E-state index contributed by atoms with van der Waals surface area (Å²) in [5.41, 5.74) is 1.24. The number of Topliss-reactive ketones (excluding diaryl/α,β-unsaturated/α-hetero) is 1. The highest BCUT2D eigenvalue weighted by Gasteiger charge is 2.48. The van der Waals surface area contributed by atoms with E-state index in [4.69, 9.17) is 16.3 Å². The Morgan fingerprint density at radius 2 is 2.29 bits per heavy atom. The van der Waals surface area contributed by atoms with Crippen LogP contribution < -0.4 is 0 Å². The molecule has 3 nitrogen and oxygen atoms in total. The van der Waals surface area contributed by atoms with Crippen molar-refractivity contribution in [3.63, 3.8) is 0 Å². The van der Waals surface area contributed by atoms with E-state index in [1.807, 2.05) is 0 Å². The van der Waals surface area contributed by atoms with E-state index in [1.165, 1.54) is 12.5 Å². The molecule has 0 radical (unpaired) electrons. The highest BCUT2D eigenvalue weighted by Crippen LogP contribution is 2.37. The molecule has 0 aromatic heterocycles. The Balaban J connectivity index is 2.94. The van der Waals surface area contributed by atoms with Crippen molar-refractivity contribution in [2.24, 2.45) is 5.41 Å². The number of hydrogen-bond acceptors (Lipinski definition) is 3. The minimum atomic E-state index is -0.977. The third-order valence-corrected chi connectivity index (χ3v) is 2.97. The van der Waals surface area contributed by atoms with Gasteiger partial charge in [-0.25, -0.2) is 0 Å². The number of ketones is 1. The third kappa shape index (κ3) is 1.82. The fourth-order valence-electron chi connectivity index (χ4n) is 1.68. The van der Waals surface area contributed by atoms with Crippen molar-refractivity contribution in [3.8, 4) is 0 Å². The van der Waals surface area contributed by atoms with Gasteiger partial charge in [-0.3, -0.25) is 9.59 Å². The van der Waals surface area contributed by atoms with Gasteiger partial charge in [0.2, 0.25) is 0 Å². The number of esters is 1. The first-order chi connectivity index (χ1) is 6.53. The maximum Gasteiger partial charge on any atom is 0.320 e. The molecule has 1 fully saturated rings. The number of allylic oxidation sites excluding steroid dienone is 1. The van der Waals surface area contributed by atoms with Gasteiger partial charge in [0, 0.05) is 12.0 Å². The summed E-state index contributed by atoms with van der Waals surface area (Å²) in [7, 11) is 0. The molecule has 0 aliphatic carbocycles. The predicted molar refractivity (Wildman–Crippen MR) is 52.9 cm³/mol. The van der Waals surface area contributed by atoms with Crippen LogP contribution in [0.1, 0.15) is 26.7 Å². The second-order valence-electron chi connectivity index (χ2n) is 3.66. The minimum Gasteiger partial charge on any atom is -0.465 e. The van der Waals surface area contributed by atoms with Gasteiger partial charge in [0.1, 0.15) is 11.2 Å². The molecule has 78 valence electrons. The number of carbonyl (C=O) groups is 2. The molecule has 4 heteroatoms. The first kappa shape index (κ1) is 11.2. The monoisotopic (exact) mass is 216 g/mol. The number of halogens is 1. The minimum absolute atomic E-state index is 0.141. The summed E-state index contributed by atoms with van der Waals surface area (Å²) in [6.45, 7) is 3.55. The molecule has 1 aliphatic heterocycles. The standard InChI is InChI=1S/C10H13ClO3/c1-7(6-11)5-10(8(2)12)3-4-14-9(10)13/h6H,3-5H2,1-2H3. The highest BCUT2D eigenvalue weighted by molar-refractivity contribution is 6.25. The Labute approximate surface area is 88.1 Å². The smallest absolute Gasteiger partial charge is 0.320 e. The van der Waals surface area contributed by atoms with Crippen molar-refractivity contribution < 1.29 is 14.3 Å². The Bertz CT molecular complexity index is 296. The van der Waals surface area contributed by atoms with Crippen LogP contribution in [0.3, 0.4) is 0 Å². The molecule has 0 saturated carbocycles. The lowest BCUT2D eigenvalue weighted by molar-refractivity contribution is -0.150.